The second-order valence-electron chi connectivity index (χ2n) is 1.86. The Balaban J connectivity index is 0. The Morgan fingerprint density at radius 3 is 1.22 bits per heavy atom. The molecular weight excluding hydrogens is 311 g/mol. The fourth-order valence-electron chi connectivity index (χ4n) is 0.577. The van der Waals surface area contributed by atoms with Crippen molar-refractivity contribution in [1.29, 1.82) is 0 Å². The van der Waals surface area contributed by atoms with Crippen LogP contribution in [0.4, 0.5) is 0 Å². The Morgan fingerprint density at radius 2 is 1.00 bits per heavy atom. The van der Waals surface area contributed by atoms with Crippen molar-refractivity contribution in [1.82, 2.24) is 0 Å². The van der Waals surface area contributed by atoms with E-state index in [0.717, 1.165) is 25.7 Å². The van der Waals surface area contributed by atoms with Gasteiger partial charge in [0.2, 0.25) is 0 Å². The van der Waals surface area contributed by atoms with E-state index >= 15 is 0 Å². The summed E-state index contributed by atoms with van der Waals surface area (Å²) < 4.78 is 0. The Bertz CT molecular complexity index is 36.0. The molecule has 0 aromatic heterocycles. The number of hydrogen-bond acceptors (Lipinski definition) is 2. The maximum Gasteiger partial charge on any atom is 0.0431 e. The Kier molecular flexibility index (Phi) is 16.1. The molecule has 0 aliphatic rings. The summed E-state index contributed by atoms with van der Waals surface area (Å²) in [5, 5.41) is 16.6. The molecule has 3 heteroatoms. The average molecular weight is 325 g/mol. The molecule has 0 fully saturated rings. The van der Waals surface area contributed by atoms with E-state index in [1.807, 2.05) is 0 Å². The molecule has 0 amide bonds. The first-order valence-corrected chi connectivity index (χ1v) is 3.13. The molecule has 2 nitrogen and oxygen atoms in total. The zero-order valence-electron chi connectivity index (χ0n) is 5.64. The van der Waals surface area contributed by atoms with E-state index in [1.165, 1.54) is 0 Å². The smallest absolute Gasteiger partial charge is 0.0431 e. The number of aliphatic hydroxyl groups is 2. The minimum atomic E-state index is 0. The molecular formula is C6H14O2Pb. The van der Waals surface area contributed by atoms with Crippen LogP contribution in [0.5, 0.6) is 0 Å². The maximum atomic E-state index is 8.30. The number of rotatable bonds is 5. The molecule has 54 valence electrons. The van der Waals surface area contributed by atoms with Gasteiger partial charge < -0.3 is 10.2 Å². The summed E-state index contributed by atoms with van der Waals surface area (Å²) in [7, 11) is 0. The minimum absolute atomic E-state index is 0. The molecule has 0 spiro atoms. The van der Waals surface area contributed by atoms with E-state index in [4.69, 9.17) is 10.2 Å². The van der Waals surface area contributed by atoms with Crippen molar-refractivity contribution >= 4 is 27.3 Å². The van der Waals surface area contributed by atoms with Crippen LogP contribution in [0.1, 0.15) is 25.7 Å². The van der Waals surface area contributed by atoms with Crippen LogP contribution in [0.3, 0.4) is 0 Å². The summed E-state index contributed by atoms with van der Waals surface area (Å²) in [5.74, 6) is 0. The van der Waals surface area contributed by atoms with E-state index < -0.39 is 0 Å². The first-order chi connectivity index (χ1) is 3.91. The summed E-state index contributed by atoms with van der Waals surface area (Å²) in [5.41, 5.74) is 0. The maximum absolute atomic E-state index is 8.30. The summed E-state index contributed by atoms with van der Waals surface area (Å²) >= 11 is 0. The fourth-order valence-corrected chi connectivity index (χ4v) is 0.577. The number of hydrogen-bond donors (Lipinski definition) is 2. The van der Waals surface area contributed by atoms with Gasteiger partial charge >= 0.3 is 0 Å². The quantitative estimate of drug-likeness (QED) is 0.558. The van der Waals surface area contributed by atoms with E-state index in [1.54, 1.807) is 0 Å². The molecule has 0 aromatic rings. The van der Waals surface area contributed by atoms with Crippen LogP contribution in [-0.2, 0) is 0 Å². The summed E-state index contributed by atoms with van der Waals surface area (Å²) in [4.78, 5) is 0. The van der Waals surface area contributed by atoms with Gasteiger partial charge in [-0.05, 0) is 12.8 Å². The largest absolute Gasteiger partial charge is 0.396 e. The van der Waals surface area contributed by atoms with Crippen molar-refractivity contribution < 1.29 is 10.2 Å². The van der Waals surface area contributed by atoms with Crippen LogP contribution in [0, 0.1) is 0 Å². The zero-order chi connectivity index (χ0) is 6.24. The molecule has 0 unspecified atom stereocenters. The third kappa shape index (κ3) is 12.1. The van der Waals surface area contributed by atoms with Gasteiger partial charge in [-0.2, -0.15) is 0 Å². The van der Waals surface area contributed by atoms with Crippen molar-refractivity contribution in [2.24, 2.45) is 0 Å². The predicted octanol–water partition coefficient (Wildman–Crippen LogP) is 0.151. The Morgan fingerprint density at radius 1 is 0.667 bits per heavy atom. The van der Waals surface area contributed by atoms with Gasteiger partial charge in [0.1, 0.15) is 0 Å². The number of unbranched alkanes of at least 4 members (excludes halogenated alkanes) is 3. The van der Waals surface area contributed by atoms with Crippen LogP contribution in [0.15, 0.2) is 0 Å². The van der Waals surface area contributed by atoms with Gasteiger partial charge in [0.25, 0.3) is 0 Å². The summed E-state index contributed by atoms with van der Waals surface area (Å²) in [6.45, 7) is 0.566. The third-order valence-corrected chi connectivity index (χ3v) is 1.07. The van der Waals surface area contributed by atoms with Crippen LogP contribution in [0.2, 0.25) is 0 Å². The molecule has 0 saturated heterocycles. The SMILES string of the molecule is OCCCCCCO.[Pb]. The average Bonchev–Trinajstić information content (AvgIpc) is 1.81. The van der Waals surface area contributed by atoms with E-state index in [2.05, 4.69) is 0 Å². The molecule has 4 radical (unpaired) electrons. The first-order valence-electron chi connectivity index (χ1n) is 3.13. The Hall–Kier alpha value is 0.842. The predicted molar refractivity (Wildman–Crippen MR) is 38.4 cm³/mol. The normalized spacial score (nSPS) is 8.67. The molecule has 0 atom stereocenters. The summed E-state index contributed by atoms with van der Waals surface area (Å²) in [6.07, 6.45) is 3.83. The second kappa shape index (κ2) is 11.6. The fraction of sp³-hybridized carbons (Fsp3) is 1.00. The van der Waals surface area contributed by atoms with E-state index in [-0.39, 0.29) is 40.5 Å². The number of aliphatic hydroxyl groups excluding tert-OH is 2. The van der Waals surface area contributed by atoms with Gasteiger partial charge in [-0.25, -0.2) is 0 Å². The molecule has 0 aliphatic carbocycles. The minimum Gasteiger partial charge on any atom is -0.396 e. The standard InChI is InChI=1S/C6H14O2.Pb/c7-5-3-1-2-4-6-8;/h7-8H,1-6H2;. The third-order valence-electron chi connectivity index (χ3n) is 1.07. The van der Waals surface area contributed by atoms with Crippen LogP contribution in [-0.4, -0.2) is 50.7 Å². The first kappa shape index (κ1) is 12.5. The van der Waals surface area contributed by atoms with Crippen molar-refractivity contribution in [3.05, 3.63) is 0 Å². The molecule has 0 rings (SSSR count). The van der Waals surface area contributed by atoms with Gasteiger partial charge in [-0.3, -0.25) is 0 Å². The van der Waals surface area contributed by atoms with Crippen molar-refractivity contribution in [3.63, 3.8) is 0 Å². The second-order valence-corrected chi connectivity index (χ2v) is 1.86. The molecule has 0 bridgehead atoms. The van der Waals surface area contributed by atoms with Gasteiger partial charge in [0.15, 0.2) is 0 Å². The van der Waals surface area contributed by atoms with Gasteiger partial charge in [0, 0.05) is 40.5 Å². The van der Waals surface area contributed by atoms with Crippen molar-refractivity contribution in [2.75, 3.05) is 13.2 Å². The summed E-state index contributed by atoms with van der Waals surface area (Å²) in [6, 6.07) is 0. The Labute approximate surface area is 76.4 Å². The topological polar surface area (TPSA) is 40.5 Å². The zero-order valence-corrected chi connectivity index (χ0v) is 9.52. The van der Waals surface area contributed by atoms with Crippen LogP contribution in [0.25, 0.3) is 0 Å². The van der Waals surface area contributed by atoms with Crippen molar-refractivity contribution in [2.45, 2.75) is 25.7 Å². The van der Waals surface area contributed by atoms with Crippen LogP contribution >= 0.6 is 0 Å². The van der Waals surface area contributed by atoms with E-state index in [9.17, 15) is 0 Å². The van der Waals surface area contributed by atoms with Gasteiger partial charge in [0.05, 0.1) is 0 Å². The molecule has 0 aromatic carbocycles. The van der Waals surface area contributed by atoms with Gasteiger partial charge in [-0.15, -0.1) is 0 Å². The monoisotopic (exact) mass is 326 g/mol. The van der Waals surface area contributed by atoms with Crippen molar-refractivity contribution in [3.8, 4) is 0 Å². The molecule has 9 heavy (non-hydrogen) atoms. The van der Waals surface area contributed by atoms with Crippen LogP contribution < -0.4 is 0 Å². The molecule has 0 saturated carbocycles. The molecule has 0 heterocycles. The van der Waals surface area contributed by atoms with E-state index in [0.29, 0.717) is 0 Å². The van der Waals surface area contributed by atoms with Gasteiger partial charge in [-0.1, -0.05) is 12.8 Å². The molecule has 2 N–H and O–H groups in total. The molecule has 0 aliphatic heterocycles.